The molecule has 0 spiro atoms. The fraction of sp³-hybridized carbons (Fsp3) is 0.706. The van der Waals surface area contributed by atoms with Crippen molar-refractivity contribution in [3.63, 3.8) is 0 Å². The summed E-state index contributed by atoms with van der Waals surface area (Å²) in [4.78, 5) is 12.2. The van der Waals surface area contributed by atoms with E-state index in [9.17, 15) is 4.79 Å². The van der Waals surface area contributed by atoms with Gasteiger partial charge in [0.05, 0.1) is 0 Å². The van der Waals surface area contributed by atoms with Gasteiger partial charge in [0.25, 0.3) is 0 Å². The number of ketones is 1. The lowest BCUT2D eigenvalue weighted by Crippen LogP contribution is -2.23. The first-order valence-electron chi connectivity index (χ1n) is 7.53. The lowest BCUT2D eigenvalue weighted by Gasteiger charge is -2.22. The average Bonchev–Trinajstić information content (AvgIpc) is 2.39. The van der Waals surface area contributed by atoms with Crippen LogP contribution in [0.25, 0.3) is 0 Å². The molecule has 0 fully saturated rings. The van der Waals surface area contributed by atoms with Crippen LogP contribution in [0.3, 0.4) is 0 Å². The van der Waals surface area contributed by atoms with Crippen molar-refractivity contribution in [2.75, 3.05) is 0 Å². The van der Waals surface area contributed by atoms with Gasteiger partial charge in [-0.25, -0.2) is 0 Å². The Hall–Kier alpha value is -1.05. The van der Waals surface area contributed by atoms with Crippen LogP contribution in [0.2, 0.25) is 0 Å². The van der Waals surface area contributed by atoms with Gasteiger partial charge in [0.2, 0.25) is 0 Å². The number of carbonyl (C=O) groups excluding carboxylic acids is 1. The maximum Gasteiger partial charge on any atom is 0.136 e. The van der Waals surface area contributed by atoms with Gasteiger partial charge in [-0.2, -0.15) is 0 Å². The average molecular weight is 265 g/mol. The number of hydrogen-bond acceptors (Lipinski definition) is 2. The predicted octanol–water partition coefficient (Wildman–Crippen LogP) is 4.68. The molecule has 0 aromatic heterocycles. The molecule has 0 heterocycles. The first-order chi connectivity index (χ1) is 8.93. The summed E-state index contributed by atoms with van der Waals surface area (Å²) in [5.74, 6) is 1.17. The van der Waals surface area contributed by atoms with E-state index in [1.54, 1.807) is 0 Å². The normalized spacial score (nSPS) is 14.6. The summed E-state index contributed by atoms with van der Waals surface area (Å²) in [5, 5.41) is 3.19. The number of unbranched alkanes of at least 4 members (excludes halogenated alkanes) is 1. The van der Waals surface area contributed by atoms with E-state index in [0.29, 0.717) is 18.1 Å². The van der Waals surface area contributed by atoms with Crippen LogP contribution in [-0.2, 0) is 4.79 Å². The molecule has 0 bridgehead atoms. The van der Waals surface area contributed by atoms with Gasteiger partial charge in [0.15, 0.2) is 0 Å². The molecule has 0 saturated heterocycles. The second kappa shape index (κ2) is 9.82. The second-order valence-electron chi connectivity index (χ2n) is 5.71. The Morgan fingerprint density at radius 1 is 1.32 bits per heavy atom. The van der Waals surface area contributed by atoms with Crippen LogP contribution in [0.15, 0.2) is 24.6 Å². The third-order valence-corrected chi connectivity index (χ3v) is 3.79. The Kier molecular flexibility index (Phi) is 9.28. The van der Waals surface area contributed by atoms with E-state index in [4.69, 9.17) is 0 Å². The van der Waals surface area contributed by atoms with Gasteiger partial charge in [-0.3, -0.25) is 4.79 Å². The minimum atomic E-state index is 0.138. The Bertz CT molecular complexity index is 304. The smallest absolute Gasteiger partial charge is 0.136 e. The number of carbonyl (C=O) groups is 1. The molecule has 0 amide bonds. The molecule has 0 saturated carbocycles. The van der Waals surface area contributed by atoms with E-state index in [1.165, 1.54) is 0 Å². The first kappa shape index (κ1) is 17.9. The van der Waals surface area contributed by atoms with Crippen LogP contribution in [0.5, 0.6) is 0 Å². The Balaban J connectivity index is 4.57. The van der Waals surface area contributed by atoms with Crippen molar-refractivity contribution in [1.29, 1.82) is 0 Å². The summed E-state index contributed by atoms with van der Waals surface area (Å²) in [6.07, 6.45) is 7.78. The summed E-state index contributed by atoms with van der Waals surface area (Å²) in [5.41, 5.74) is 0.968. The van der Waals surface area contributed by atoms with Crippen molar-refractivity contribution in [2.45, 2.75) is 60.3 Å². The molecule has 0 rings (SSSR count). The Labute approximate surface area is 119 Å². The van der Waals surface area contributed by atoms with E-state index in [-0.39, 0.29) is 11.8 Å². The highest BCUT2D eigenvalue weighted by Gasteiger charge is 2.22. The highest BCUT2D eigenvalue weighted by atomic mass is 16.1. The van der Waals surface area contributed by atoms with Crippen molar-refractivity contribution in [1.82, 2.24) is 5.32 Å². The zero-order valence-electron chi connectivity index (χ0n) is 13.3. The van der Waals surface area contributed by atoms with Crippen LogP contribution in [0.4, 0.5) is 0 Å². The molecule has 19 heavy (non-hydrogen) atoms. The van der Waals surface area contributed by atoms with Gasteiger partial charge in [0, 0.05) is 24.0 Å². The van der Waals surface area contributed by atoms with Crippen molar-refractivity contribution < 1.29 is 4.79 Å². The number of hydrogen-bond donors (Lipinski definition) is 1. The largest absolute Gasteiger partial charge is 0.366 e. The van der Waals surface area contributed by atoms with Crippen LogP contribution in [0.1, 0.15) is 60.3 Å². The summed E-state index contributed by atoms with van der Waals surface area (Å²) in [7, 11) is 0. The standard InChI is InChI=1S/C17H31NO/c1-7-9-10-16(15(6)18-11-8-2)12-17(19)14(5)13(3)4/h8,11,13-14,16,18H,6-7,9-10,12H2,1-5H3/b11-8-. The zero-order chi connectivity index (χ0) is 14.8. The van der Waals surface area contributed by atoms with Crippen LogP contribution in [-0.4, -0.2) is 5.78 Å². The van der Waals surface area contributed by atoms with Gasteiger partial charge >= 0.3 is 0 Å². The predicted molar refractivity (Wildman–Crippen MR) is 83.7 cm³/mol. The molecule has 110 valence electrons. The van der Waals surface area contributed by atoms with Crippen LogP contribution >= 0.6 is 0 Å². The summed E-state index contributed by atoms with van der Waals surface area (Å²) < 4.78 is 0. The topological polar surface area (TPSA) is 29.1 Å². The van der Waals surface area contributed by atoms with E-state index >= 15 is 0 Å². The van der Waals surface area contributed by atoms with Gasteiger partial charge in [-0.05, 0) is 25.5 Å². The molecular formula is C17H31NO. The van der Waals surface area contributed by atoms with E-state index in [2.05, 4.69) is 32.7 Å². The first-order valence-corrected chi connectivity index (χ1v) is 7.53. The highest BCUT2D eigenvalue weighted by Crippen LogP contribution is 2.23. The minimum absolute atomic E-state index is 0.138. The molecule has 0 aromatic carbocycles. The Morgan fingerprint density at radius 3 is 2.42 bits per heavy atom. The fourth-order valence-corrected chi connectivity index (χ4v) is 1.96. The van der Waals surface area contributed by atoms with Gasteiger partial charge in [-0.1, -0.05) is 53.2 Å². The Morgan fingerprint density at radius 2 is 1.95 bits per heavy atom. The fourth-order valence-electron chi connectivity index (χ4n) is 1.96. The maximum absolute atomic E-state index is 12.2. The van der Waals surface area contributed by atoms with Gasteiger partial charge < -0.3 is 5.32 Å². The SMILES string of the molecule is C=C(N/C=C\C)C(CCCC)CC(=O)C(C)C(C)C. The van der Waals surface area contributed by atoms with Gasteiger partial charge in [0.1, 0.15) is 5.78 Å². The highest BCUT2D eigenvalue weighted by molar-refractivity contribution is 5.81. The van der Waals surface area contributed by atoms with Crippen LogP contribution < -0.4 is 5.32 Å². The molecule has 0 radical (unpaired) electrons. The molecule has 2 atom stereocenters. The van der Waals surface area contributed by atoms with Gasteiger partial charge in [-0.15, -0.1) is 0 Å². The summed E-state index contributed by atoms with van der Waals surface area (Å²) in [6.45, 7) is 14.5. The number of nitrogens with one attached hydrogen (secondary N) is 1. The van der Waals surface area contributed by atoms with E-state index < -0.39 is 0 Å². The molecule has 0 aromatic rings. The molecule has 2 unspecified atom stereocenters. The molecule has 0 aliphatic rings. The number of rotatable bonds is 10. The van der Waals surface area contributed by atoms with Crippen molar-refractivity contribution in [3.8, 4) is 0 Å². The maximum atomic E-state index is 12.2. The number of Topliss-reactive ketones (excluding diaryl/α,β-unsaturated/α-hetero) is 1. The summed E-state index contributed by atoms with van der Waals surface area (Å²) >= 11 is 0. The lowest BCUT2D eigenvalue weighted by atomic mass is 9.85. The molecule has 1 N–H and O–H groups in total. The zero-order valence-corrected chi connectivity index (χ0v) is 13.3. The van der Waals surface area contributed by atoms with E-state index in [0.717, 1.165) is 25.0 Å². The summed E-state index contributed by atoms with van der Waals surface area (Å²) in [6, 6.07) is 0. The molecule has 0 aliphatic heterocycles. The second-order valence-corrected chi connectivity index (χ2v) is 5.71. The minimum Gasteiger partial charge on any atom is -0.366 e. The van der Waals surface area contributed by atoms with E-state index in [1.807, 2.05) is 26.1 Å². The lowest BCUT2D eigenvalue weighted by molar-refractivity contribution is -0.124. The number of allylic oxidation sites excluding steroid dienone is 2. The molecule has 0 aliphatic carbocycles. The molecule has 2 heteroatoms. The molecular weight excluding hydrogens is 234 g/mol. The monoisotopic (exact) mass is 265 g/mol. The quantitative estimate of drug-likeness (QED) is 0.621. The van der Waals surface area contributed by atoms with Crippen molar-refractivity contribution >= 4 is 5.78 Å². The van der Waals surface area contributed by atoms with Crippen molar-refractivity contribution in [3.05, 3.63) is 24.6 Å². The third kappa shape index (κ3) is 7.19. The third-order valence-electron chi connectivity index (χ3n) is 3.79. The van der Waals surface area contributed by atoms with Crippen LogP contribution in [0, 0.1) is 17.8 Å². The molecule has 2 nitrogen and oxygen atoms in total. The van der Waals surface area contributed by atoms with Crippen molar-refractivity contribution in [2.24, 2.45) is 17.8 Å².